The third-order valence-electron chi connectivity index (χ3n) is 4.19. The summed E-state index contributed by atoms with van der Waals surface area (Å²) in [6.45, 7) is 7.33. The predicted octanol–water partition coefficient (Wildman–Crippen LogP) is 1.56. The van der Waals surface area contributed by atoms with Crippen LogP contribution < -0.4 is 5.32 Å². The number of carboxylic acid groups (broad SMARTS) is 1. The second-order valence-corrected chi connectivity index (χ2v) is 6.28. The zero-order valence-electron chi connectivity index (χ0n) is 11.6. The molecule has 0 aromatic carbocycles. The summed E-state index contributed by atoms with van der Waals surface area (Å²) in [6, 6.07) is 1.30. The Hall–Kier alpha value is -0.610. The van der Waals surface area contributed by atoms with E-state index in [1.165, 1.54) is 19.3 Å². The van der Waals surface area contributed by atoms with Crippen LogP contribution in [0.1, 0.15) is 39.5 Å². The van der Waals surface area contributed by atoms with E-state index in [1.807, 2.05) is 0 Å². The molecule has 4 nitrogen and oxygen atoms in total. The van der Waals surface area contributed by atoms with E-state index in [0.717, 1.165) is 19.1 Å². The number of aliphatic carboxylic acids is 1. The van der Waals surface area contributed by atoms with Crippen molar-refractivity contribution in [3.05, 3.63) is 0 Å². The molecule has 0 aromatic heterocycles. The maximum Gasteiger partial charge on any atom is 0.304 e. The van der Waals surface area contributed by atoms with Gasteiger partial charge in [-0.1, -0.05) is 13.8 Å². The molecule has 2 N–H and O–H groups in total. The largest absolute Gasteiger partial charge is 0.481 e. The molecular weight excluding hydrogens is 228 g/mol. The average Bonchev–Trinajstić information content (AvgIpc) is 3.10. The Morgan fingerprint density at radius 3 is 2.61 bits per heavy atom. The number of hydrogen-bond acceptors (Lipinski definition) is 3. The first kappa shape index (κ1) is 13.8. The van der Waals surface area contributed by atoms with E-state index in [-0.39, 0.29) is 6.42 Å². The van der Waals surface area contributed by atoms with Gasteiger partial charge in [0.05, 0.1) is 6.42 Å². The number of hydrogen-bond donors (Lipinski definition) is 2. The molecule has 0 amide bonds. The summed E-state index contributed by atoms with van der Waals surface area (Å²) in [4.78, 5) is 13.0. The molecule has 2 rings (SSSR count). The van der Waals surface area contributed by atoms with E-state index < -0.39 is 5.97 Å². The van der Waals surface area contributed by atoms with Gasteiger partial charge in [-0.05, 0) is 31.1 Å². The summed E-state index contributed by atoms with van der Waals surface area (Å²) in [5, 5.41) is 12.5. The Balaban J connectivity index is 1.85. The molecule has 2 atom stereocenters. The van der Waals surface area contributed by atoms with Crippen molar-refractivity contribution in [3.8, 4) is 0 Å². The van der Waals surface area contributed by atoms with Crippen LogP contribution in [0, 0.1) is 11.8 Å². The van der Waals surface area contributed by atoms with Gasteiger partial charge in [0, 0.05) is 31.7 Å². The Morgan fingerprint density at radius 1 is 1.33 bits per heavy atom. The standard InChI is InChI=1S/C14H26N2O2/c1-10(2)11-7-13(15-12-3-4-12)9-16(8-11)6-5-14(17)18/h10-13,15H,3-9H2,1-2H3,(H,17,18). The molecule has 1 heterocycles. The molecule has 104 valence electrons. The molecule has 4 heteroatoms. The van der Waals surface area contributed by atoms with Gasteiger partial charge >= 0.3 is 5.97 Å². The summed E-state index contributed by atoms with van der Waals surface area (Å²) in [7, 11) is 0. The van der Waals surface area contributed by atoms with Gasteiger partial charge in [-0.25, -0.2) is 0 Å². The third-order valence-corrected chi connectivity index (χ3v) is 4.19. The fourth-order valence-corrected chi connectivity index (χ4v) is 2.86. The fraction of sp³-hybridized carbons (Fsp3) is 0.929. The molecule has 2 fully saturated rings. The monoisotopic (exact) mass is 254 g/mol. The SMILES string of the molecule is CC(C)C1CC(NC2CC2)CN(CCC(=O)O)C1. The number of carbonyl (C=O) groups is 1. The Morgan fingerprint density at radius 2 is 2.06 bits per heavy atom. The maximum atomic E-state index is 10.7. The van der Waals surface area contributed by atoms with Gasteiger partial charge in [-0.15, -0.1) is 0 Å². The van der Waals surface area contributed by atoms with Crippen molar-refractivity contribution in [2.45, 2.75) is 51.6 Å². The Labute approximate surface area is 110 Å². The number of nitrogens with zero attached hydrogens (tertiary/aromatic N) is 1. The van der Waals surface area contributed by atoms with Gasteiger partial charge in [0.25, 0.3) is 0 Å². The second kappa shape index (κ2) is 6.02. The molecular formula is C14H26N2O2. The van der Waals surface area contributed by atoms with Crippen LogP contribution in [0.3, 0.4) is 0 Å². The van der Waals surface area contributed by atoms with Crippen LogP contribution in [0.4, 0.5) is 0 Å². The lowest BCUT2D eigenvalue weighted by atomic mass is 9.85. The number of nitrogens with one attached hydrogen (secondary N) is 1. The molecule has 0 radical (unpaired) electrons. The molecule has 0 bridgehead atoms. The van der Waals surface area contributed by atoms with Crippen LogP contribution in [0.15, 0.2) is 0 Å². The topological polar surface area (TPSA) is 52.6 Å². The van der Waals surface area contributed by atoms with E-state index in [4.69, 9.17) is 5.11 Å². The highest BCUT2D eigenvalue weighted by molar-refractivity contribution is 5.66. The van der Waals surface area contributed by atoms with Crippen molar-refractivity contribution in [1.29, 1.82) is 0 Å². The minimum Gasteiger partial charge on any atom is -0.481 e. The van der Waals surface area contributed by atoms with E-state index in [1.54, 1.807) is 0 Å². The van der Waals surface area contributed by atoms with Gasteiger partial charge in [0.15, 0.2) is 0 Å². The summed E-state index contributed by atoms with van der Waals surface area (Å²) in [6.07, 6.45) is 4.15. The molecule has 2 aliphatic rings. The molecule has 1 saturated heterocycles. The molecule has 0 spiro atoms. The van der Waals surface area contributed by atoms with Gasteiger partial charge in [0.2, 0.25) is 0 Å². The highest BCUT2D eigenvalue weighted by atomic mass is 16.4. The lowest BCUT2D eigenvalue weighted by molar-refractivity contribution is -0.137. The summed E-state index contributed by atoms with van der Waals surface area (Å²) in [5.74, 6) is 0.693. The van der Waals surface area contributed by atoms with E-state index in [0.29, 0.717) is 24.4 Å². The number of rotatable bonds is 6. The first-order valence-corrected chi connectivity index (χ1v) is 7.24. The van der Waals surface area contributed by atoms with E-state index >= 15 is 0 Å². The quantitative estimate of drug-likeness (QED) is 0.755. The van der Waals surface area contributed by atoms with Crippen molar-refractivity contribution >= 4 is 5.97 Å². The zero-order chi connectivity index (χ0) is 13.1. The normalized spacial score (nSPS) is 29.7. The average molecular weight is 254 g/mol. The predicted molar refractivity (Wildman–Crippen MR) is 71.6 cm³/mol. The van der Waals surface area contributed by atoms with Gasteiger partial charge < -0.3 is 15.3 Å². The van der Waals surface area contributed by atoms with Crippen LogP contribution >= 0.6 is 0 Å². The summed E-state index contributed by atoms with van der Waals surface area (Å²) >= 11 is 0. The van der Waals surface area contributed by atoms with Crippen LogP contribution in [-0.2, 0) is 4.79 Å². The van der Waals surface area contributed by atoms with Crippen LogP contribution in [0.2, 0.25) is 0 Å². The minimum absolute atomic E-state index is 0.265. The zero-order valence-corrected chi connectivity index (χ0v) is 11.6. The van der Waals surface area contributed by atoms with Gasteiger partial charge in [-0.3, -0.25) is 4.79 Å². The summed E-state index contributed by atoms with van der Waals surface area (Å²) < 4.78 is 0. The van der Waals surface area contributed by atoms with Crippen LogP contribution in [0.25, 0.3) is 0 Å². The number of carboxylic acids is 1. The number of likely N-dealkylation sites (tertiary alicyclic amines) is 1. The molecule has 1 aliphatic carbocycles. The smallest absolute Gasteiger partial charge is 0.304 e. The minimum atomic E-state index is -0.687. The molecule has 18 heavy (non-hydrogen) atoms. The van der Waals surface area contributed by atoms with Crippen molar-refractivity contribution in [1.82, 2.24) is 10.2 Å². The Kier molecular flexibility index (Phi) is 4.62. The van der Waals surface area contributed by atoms with Crippen molar-refractivity contribution in [3.63, 3.8) is 0 Å². The van der Waals surface area contributed by atoms with Crippen molar-refractivity contribution in [2.24, 2.45) is 11.8 Å². The van der Waals surface area contributed by atoms with Crippen molar-refractivity contribution < 1.29 is 9.90 Å². The molecule has 0 aromatic rings. The molecule has 2 unspecified atom stereocenters. The first-order chi connectivity index (χ1) is 8.54. The highest BCUT2D eigenvalue weighted by Crippen LogP contribution is 2.27. The van der Waals surface area contributed by atoms with E-state index in [9.17, 15) is 4.79 Å². The third kappa shape index (κ3) is 4.25. The summed E-state index contributed by atoms with van der Waals surface area (Å²) in [5.41, 5.74) is 0. The second-order valence-electron chi connectivity index (χ2n) is 6.28. The van der Waals surface area contributed by atoms with Crippen LogP contribution in [0.5, 0.6) is 0 Å². The maximum absolute atomic E-state index is 10.7. The highest BCUT2D eigenvalue weighted by Gasteiger charge is 2.32. The lowest BCUT2D eigenvalue weighted by Crippen LogP contribution is -2.51. The van der Waals surface area contributed by atoms with Crippen molar-refractivity contribution in [2.75, 3.05) is 19.6 Å². The van der Waals surface area contributed by atoms with Crippen LogP contribution in [-0.4, -0.2) is 47.7 Å². The first-order valence-electron chi connectivity index (χ1n) is 7.24. The van der Waals surface area contributed by atoms with E-state index in [2.05, 4.69) is 24.1 Å². The number of piperidine rings is 1. The van der Waals surface area contributed by atoms with Gasteiger partial charge in [-0.2, -0.15) is 0 Å². The molecule has 1 aliphatic heterocycles. The molecule has 1 saturated carbocycles. The Bertz CT molecular complexity index is 290. The fourth-order valence-electron chi connectivity index (χ4n) is 2.86. The lowest BCUT2D eigenvalue weighted by Gasteiger charge is -2.40. The van der Waals surface area contributed by atoms with Gasteiger partial charge in [0.1, 0.15) is 0 Å².